The van der Waals surface area contributed by atoms with Gasteiger partial charge in [0, 0.05) is 31.4 Å². The summed E-state index contributed by atoms with van der Waals surface area (Å²) in [6, 6.07) is 0. The lowest BCUT2D eigenvalue weighted by atomic mass is 10.3. The summed E-state index contributed by atoms with van der Waals surface area (Å²) in [4.78, 5) is 10.2. The Hall–Kier alpha value is -1.36. The van der Waals surface area contributed by atoms with Crippen molar-refractivity contribution in [2.45, 2.75) is 32.9 Å². The van der Waals surface area contributed by atoms with Crippen LogP contribution in [0.4, 0.5) is 0 Å². The molecular formula is C10H17N3O2. The smallest absolute Gasteiger partial charge is 0.304 e. The predicted molar refractivity (Wildman–Crippen MR) is 56.5 cm³/mol. The van der Waals surface area contributed by atoms with Crippen LogP contribution in [0.5, 0.6) is 0 Å². The molecule has 5 heteroatoms. The lowest BCUT2D eigenvalue weighted by Crippen LogP contribution is -2.17. The Balaban J connectivity index is 2.22. The fourth-order valence-electron chi connectivity index (χ4n) is 1.28. The Kier molecular flexibility index (Phi) is 4.83. The van der Waals surface area contributed by atoms with Crippen molar-refractivity contribution >= 4 is 5.97 Å². The third-order valence-electron chi connectivity index (χ3n) is 1.98. The van der Waals surface area contributed by atoms with Crippen LogP contribution in [0.2, 0.25) is 0 Å². The number of aliphatic carboxylic acids is 1. The van der Waals surface area contributed by atoms with Crippen LogP contribution in [0, 0.1) is 0 Å². The molecule has 5 nitrogen and oxygen atoms in total. The number of carboxylic acid groups (broad SMARTS) is 1. The first-order chi connectivity index (χ1) is 7.22. The molecule has 0 atom stereocenters. The number of nitrogens with zero attached hydrogens (tertiary/aromatic N) is 2. The highest BCUT2D eigenvalue weighted by Crippen LogP contribution is 1.98. The molecule has 0 bridgehead atoms. The molecule has 84 valence electrons. The molecular weight excluding hydrogens is 194 g/mol. The van der Waals surface area contributed by atoms with Crippen molar-refractivity contribution in [2.24, 2.45) is 0 Å². The molecule has 0 amide bonds. The minimum atomic E-state index is -0.774. The van der Waals surface area contributed by atoms with E-state index in [-0.39, 0.29) is 6.42 Å². The molecule has 1 aromatic heterocycles. The van der Waals surface area contributed by atoms with Gasteiger partial charge in [-0.2, -0.15) is 5.10 Å². The third kappa shape index (κ3) is 4.60. The van der Waals surface area contributed by atoms with Gasteiger partial charge in [-0.05, 0) is 6.42 Å². The number of aromatic nitrogens is 2. The molecule has 0 aromatic carbocycles. The van der Waals surface area contributed by atoms with Gasteiger partial charge in [-0.25, -0.2) is 0 Å². The molecule has 1 heterocycles. The Morgan fingerprint density at radius 2 is 2.47 bits per heavy atom. The van der Waals surface area contributed by atoms with E-state index in [0.717, 1.165) is 18.5 Å². The monoisotopic (exact) mass is 211 g/mol. The Morgan fingerprint density at radius 3 is 3.13 bits per heavy atom. The first kappa shape index (κ1) is 11.7. The summed E-state index contributed by atoms with van der Waals surface area (Å²) in [5, 5.41) is 15.7. The van der Waals surface area contributed by atoms with Gasteiger partial charge in [0.25, 0.3) is 0 Å². The highest BCUT2D eigenvalue weighted by atomic mass is 16.4. The number of hydrogen-bond donors (Lipinski definition) is 2. The van der Waals surface area contributed by atoms with Gasteiger partial charge in [0.1, 0.15) is 0 Å². The second-order valence-electron chi connectivity index (χ2n) is 3.43. The SMILES string of the molecule is CCCn1cc(CNCCC(=O)O)cn1. The molecule has 0 saturated carbocycles. The van der Waals surface area contributed by atoms with Crippen LogP contribution in [-0.2, 0) is 17.9 Å². The quantitative estimate of drug-likeness (QED) is 0.656. The summed E-state index contributed by atoms with van der Waals surface area (Å²) in [5.41, 5.74) is 1.09. The Bertz CT molecular complexity index is 309. The molecule has 0 aliphatic carbocycles. The first-order valence-electron chi connectivity index (χ1n) is 5.16. The zero-order valence-corrected chi connectivity index (χ0v) is 8.94. The average Bonchev–Trinajstić information content (AvgIpc) is 2.61. The lowest BCUT2D eigenvalue weighted by molar-refractivity contribution is -0.136. The van der Waals surface area contributed by atoms with E-state index >= 15 is 0 Å². The number of carboxylic acids is 1. The van der Waals surface area contributed by atoms with Crippen molar-refractivity contribution in [1.82, 2.24) is 15.1 Å². The van der Waals surface area contributed by atoms with Gasteiger partial charge in [-0.1, -0.05) is 6.92 Å². The van der Waals surface area contributed by atoms with E-state index in [1.807, 2.05) is 17.1 Å². The van der Waals surface area contributed by atoms with Gasteiger partial charge in [0.15, 0.2) is 0 Å². The standard InChI is InChI=1S/C10H17N3O2/c1-2-5-13-8-9(7-12-13)6-11-4-3-10(14)15/h7-8,11H,2-6H2,1H3,(H,14,15). The minimum Gasteiger partial charge on any atom is -0.481 e. The maximum Gasteiger partial charge on any atom is 0.304 e. The summed E-state index contributed by atoms with van der Waals surface area (Å²) in [6.45, 7) is 4.20. The van der Waals surface area contributed by atoms with E-state index in [0.29, 0.717) is 13.1 Å². The predicted octanol–water partition coefficient (Wildman–Crippen LogP) is 0.857. The van der Waals surface area contributed by atoms with Crippen LogP contribution in [0.25, 0.3) is 0 Å². The van der Waals surface area contributed by atoms with Gasteiger partial charge in [0.05, 0.1) is 12.6 Å². The normalized spacial score (nSPS) is 10.5. The largest absolute Gasteiger partial charge is 0.481 e. The molecule has 15 heavy (non-hydrogen) atoms. The Morgan fingerprint density at radius 1 is 1.67 bits per heavy atom. The van der Waals surface area contributed by atoms with Gasteiger partial charge < -0.3 is 10.4 Å². The van der Waals surface area contributed by atoms with Crippen molar-refractivity contribution in [2.75, 3.05) is 6.54 Å². The summed E-state index contributed by atoms with van der Waals surface area (Å²) in [5.74, 6) is -0.774. The molecule has 2 N–H and O–H groups in total. The second-order valence-corrected chi connectivity index (χ2v) is 3.43. The fourth-order valence-corrected chi connectivity index (χ4v) is 1.28. The van der Waals surface area contributed by atoms with Crippen molar-refractivity contribution in [3.8, 4) is 0 Å². The van der Waals surface area contributed by atoms with Crippen molar-refractivity contribution < 1.29 is 9.90 Å². The summed E-state index contributed by atoms with van der Waals surface area (Å²) < 4.78 is 1.90. The molecule has 0 radical (unpaired) electrons. The fraction of sp³-hybridized carbons (Fsp3) is 0.600. The van der Waals surface area contributed by atoms with Crippen LogP contribution in [-0.4, -0.2) is 27.4 Å². The summed E-state index contributed by atoms with van der Waals surface area (Å²) in [7, 11) is 0. The van der Waals surface area contributed by atoms with Gasteiger partial charge in [-0.3, -0.25) is 9.48 Å². The number of aryl methyl sites for hydroxylation is 1. The molecule has 0 spiro atoms. The maximum atomic E-state index is 10.2. The van der Waals surface area contributed by atoms with Crippen LogP contribution in [0.1, 0.15) is 25.3 Å². The van der Waals surface area contributed by atoms with E-state index in [2.05, 4.69) is 17.3 Å². The van der Waals surface area contributed by atoms with Gasteiger partial charge in [0.2, 0.25) is 0 Å². The maximum absolute atomic E-state index is 10.2. The second kappa shape index (κ2) is 6.19. The van der Waals surface area contributed by atoms with Crippen LogP contribution in [0.3, 0.4) is 0 Å². The molecule has 0 fully saturated rings. The van der Waals surface area contributed by atoms with E-state index in [4.69, 9.17) is 5.11 Å². The minimum absolute atomic E-state index is 0.156. The lowest BCUT2D eigenvalue weighted by Gasteiger charge is -1.99. The van der Waals surface area contributed by atoms with E-state index in [1.54, 1.807) is 0 Å². The highest BCUT2D eigenvalue weighted by molar-refractivity contribution is 5.66. The average molecular weight is 211 g/mol. The van der Waals surface area contributed by atoms with E-state index < -0.39 is 5.97 Å². The number of nitrogens with one attached hydrogen (secondary N) is 1. The number of rotatable bonds is 7. The van der Waals surface area contributed by atoms with E-state index in [9.17, 15) is 4.79 Å². The first-order valence-corrected chi connectivity index (χ1v) is 5.16. The van der Waals surface area contributed by atoms with Crippen molar-refractivity contribution in [1.29, 1.82) is 0 Å². The van der Waals surface area contributed by atoms with Gasteiger partial charge >= 0.3 is 5.97 Å². The summed E-state index contributed by atoms with van der Waals surface area (Å²) >= 11 is 0. The van der Waals surface area contributed by atoms with Crippen molar-refractivity contribution in [3.05, 3.63) is 18.0 Å². The molecule has 1 rings (SSSR count). The van der Waals surface area contributed by atoms with Crippen molar-refractivity contribution in [3.63, 3.8) is 0 Å². The zero-order valence-electron chi connectivity index (χ0n) is 8.94. The zero-order chi connectivity index (χ0) is 11.1. The van der Waals surface area contributed by atoms with E-state index in [1.165, 1.54) is 0 Å². The number of hydrogen-bond acceptors (Lipinski definition) is 3. The van der Waals surface area contributed by atoms with Crippen LogP contribution >= 0.6 is 0 Å². The Labute approximate surface area is 89.1 Å². The third-order valence-corrected chi connectivity index (χ3v) is 1.98. The van der Waals surface area contributed by atoms with Crippen LogP contribution in [0.15, 0.2) is 12.4 Å². The molecule has 1 aromatic rings. The van der Waals surface area contributed by atoms with Crippen LogP contribution < -0.4 is 5.32 Å². The van der Waals surface area contributed by atoms with Gasteiger partial charge in [-0.15, -0.1) is 0 Å². The molecule has 0 saturated heterocycles. The summed E-state index contributed by atoms with van der Waals surface area (Å²) in [6.07, 6.45) is 5.01. The molecule has 0 aliphatic heterocycles. The highest BCUT2D eigenvalue weighted by Gasteiger charge is 1.99. The molecule has 0 aliphatic rings. The number of carbonyl (C=O) groups is 1. The molecule has 0 unspecified atom stereocenters. The topological polar surface area (TPSA) is 67.2 Å².